The molecule has 5 nitrogen and oxygen atoms in total. The van der Waals surface area contributed by atoms with Crippen molar-refractivity contribution in [2.75, 3.05) is 5.32 Å². The van der Waals surface area contributed by atoms with Gasteiger partial charge in [0.05, 0.1) is 6.04 Å². The summed E-state index contributed by atoms with van der Waals surface area (Å²) in [6.07, 6.45) is 0. The molecule has 3 N–H and O–H groups in total. The quantitative estimate of drug-likeness (QED) is 0.858. The van der Waals surface area contributed by atoms with Crippen LogP contribution in [0.15, 0.2) is 22.6 Å². The summed E-state index contributed by atoms with van der Waals surface area (Å²) >= 11 is 0. The second kappa shape index (κ2) is 5.16. The Morgan fingerprint density at radius 3 is 2.88 bits per heavy atom. The fourth-order valence-corrected chi connectivity index (χ4v) is 1.38. The number of fused-ring (bicyclic) bond motifs is 1. The van der Waals surface area contributed by atoms with Crippen molar-refractivity contribution < 1.29 is 9.21 Å². The van der Waals surface area contributed by atoms with Crippen molar-refractivity contribution >= 4 is 35.1 Å². The number of hydrogen-bond acceptors (Lipinski definition) is 4. The smallest absolute Gasteiger partial charge is 0.240 e. The molecule has 0 aliphatic rings. The molecule has 92 valence electrons. The molecule has 1 aromatic carbocycles. The van der Waals surface area contributed by atoms with Crippen LogP contribution in [0.3, 0.4) is 0 Å². The van der Waals surface area contributed by atoms with Crippen LogP contribution in [0.1, 0.15) is 12.8 Å². The van der Waals surface area contributed by atoms with Gasteiger partial charge < -0.3 is 15.5 Å². The Hall–Kier alpha value is -1.59. The lowest BCUT2D eigenvalue weighted by molar-refractivity contribution is -0.117. The third-order valence-corrected chi connectivity index (χ3v) is 2.18. The molecule has 0 aliphatic carbocycles. The highest BCUT2D eigenvalue weighted by atomic mass is 35.5. The standard InChI is InChI=1S/C11H13N3O2.ClH/c1-6(12)11(15)14-8-3-4-10-9(5-8)13-7(2)16-10;/h3-6H,12H2,1-2H3,(H,14,15);1H. The first-order chi connectivity index (χ1) is 7.56. The molecule has 0 saturated heterocycles. The molecule has 1 heterocycles. The van der Waals surface area contributed by atoms with E-state index < -0.39 is 6.04 Å². The molecule has 1 aromatic heterocycles. The van der Waals surface area contributed by atoms with E-state index in [1.807, 2.05) is 0 Å². The third-order valence-electron chi connectivity index (χ3n) is 2.18. The average molecular weight is 256 g/mol. The number of nitrogens with zero attached hydrogens (tertiary/aromatic N) is 1. The van der Waals surface area contributed by atoms with Gasteiger partial charge in [0.2, 0.25) is 5.91 Å². The zero-order valence-corrected chi connectivity index (χ0v) is 10.4. The molecule has 0 aliphatic heterocycles. The molecule has 2 rings (SSSR count). The topological polar surface area (TPSA) is 81.2 Å². The number of nitrogens with one attached hydrogen (secondary N) is 1. The van der Waals surface area contributed by atoms with Crippen molar-refractivity contribution in [3.8, 4) is 0 Å². The van der Waals surface area contributed by atoms with Crippen LogP contribution in [0, 0.1) is 6.92 Å². The van der Waals surface area contributed by atoms with Gasteiger partial charge in [0, 0.05) is 12.6 Å². The zero-order chi connectivity index (χ0) is 11.7. The van der Waals surface area contributed by atoms with Gasteiger partial charge in [0.1, 0.15) is 5.52 Å². The Kier molecular flexibility index (Phi) is 4.09. The zero-order valence-electron chi connectivity index (χ0n) is 9.56. The van der Waals surface area contributed by atoms with Crippen LogP contribution in [0.25, 0.3) is 11.1 Å². The molecular formula is C11H14ClN3O2. The summed E-state index contributed by atoms with van der Waals surface area (Å²) in [7, 11) is 0. The number of halogens is 1. The van der Waals surface area contributed by atoms with Crippen LogP contribution in [-0.4, -0.2) is 16.9 Å². The van der Waals surface area contributed by atoms with Gasteiger partial charge in [-0.1, -0.05) is 0 Å². The SMILES string of the molecule is Cc1nc2cc(NC(=O)C(C)N)ccc2o1.Cl. The summed E-state index contributed by atoms with van der Waals surface area (Å²) < 4.78 is 5.33. The minimum Gasteiger partial charge on any atom is -0.441 e. The minimum absolute atomic E-state index is 0. The summed E-state index contributed by atoms with van der Waals surface area (Å²) in [5, 5.41) is 2.70. The Morgan fingerprint density at radius 2 is 2.24 bits per heavy atom. The molecule has 0 spiro atoms. The molecule has 0 bridgehead atoms. The monoisotopic (exact) mass is 255 g/mol. The van der Waals surface area contributed by atoms with Gasteiger partial charge in [-0.3, -0.25) is 4.79 Å². The lowest BCUT2D eigenvalue weighted by Gasteiger charge is -2.06. The highest BCUT2D eigenvalue weighted by Gasteiger charge is 2.09. The van der Waals surface area contributed by atoms with Gasteiger partial charge in [-0.15, -0.1) is 12.4 Å². The number of nitrogens with two attached hydrogens (primary N) is 1. The summed E-state index contributed by atoms with van der Waals surface area (Å²) in [6, 6.07) is 4.75. The van der Waals surface area contributed by atoms with Crippen molar-refractivity contribution in [3.63, 3.8) is 0 Å². The van der Waals surface area contributed by atoms with Crippen LogP contribution in [0.4, 0.5) is 5.69 Å². The predicted molar refractivity (Wildman–Crippen MR) is 68.3 cm³/mol. The van der Waals surface area contributed by atoms with Crippen LogP contribution in [-0.2, 0) is 4.79 Å². The van der Waals surface area contributed by atoms with E-state index in [2.05, 4.69) is 10.3 Å². The Balaban J connectivity index is 0.00000144. The molecule has 0 fully saturated rings. The highest BCUT2D eigenvalue weighted by molar-refractivity contribution is 5.95. The number of carbonyl (C=O) groups excluding carboxylic acids is 1. The second-order valence-electron chi connectivity index (χ2n) is 3.69. The fourth-order valence-electron chi connectivity index (χ4n) is 1.38. The lowest BCUT2D eigenvalue weighted by Crippen LogP contribution is -2.32. The van der Waals surface area contributed by atoms with Crippen molar-refractivity contribution in [2.45, 2.75) is 19.9 Å². The average Bonchev–Trinajstić information content (AvgIpc) is 2.57. The molecule has 1 unspecified atom stereocenters. The molecule has 2 aromatic rings. The van der Waals surface area contributed by atoms with Crippen LogP contribution in [0.5, 0.6) is 0 Å². The number of amides is 1. The Bertz CT molecular complexity index is 536. The van der Waals surface area contributed by atoms with E-state index in [1.165, 1.54) is 0 Å². The van der Waals surface area contributed by atoms with Crippen molar-refractivity contribution in [3.05, 3.63) is 24.1 Å². The van der Waals surface area contributed by atoms with Gasteiger partial charge >= 0.3 is 0 Å². The predicted octanol–water partition coefficient (Wildman–Crippen LogP) is 1.84. The largest absolute Gasteiger partial charge is 0.441 e. The van der Waals surface area contributed by atoms with E-state index in [9.17, 15) is 4.79 Å². The highest BCUT2D eigenvalue weighted by Crippen LogP contribution is 2.19. The molecule has 17 heavy (non-hydrogen) atoms. The van der Waals surface area contributed by atoms with E-state index in [-0.39, 0.29) is 18.3 Å². The number of carbonyl (C=O) groups is 1. The van der Waals surface area contributed by atoms with Gasteiger partial charge in [0.15, 0.2) is 11.5 Å². The van der Waals surface area contributed by atoms with E-state index in [1.54, 1.807) is 32.0 Å². The first-order valence-corrected chi connectivity index (χ1v) is 5.00. The molecule has 0 saturated carbocycles. The normalized spacial score (nSPS) is 11.9. The lowest BCUT2D eigenvalue weighted by atomic mass is 10.2. The number of rotatable bonds is 2. The number of hydrogen-bond donors (Lipinski definition) is 2. The van der Waals surface area contributed by atoms with Crippen molar-refractivity contribution in [1.82, 2.24) is 4.98 Å². The minimum atomic E-state index is -0.533. The van der Waals surface area contributed by atoms with E-state index >= 15 is 0 Å². The number of benzene rings is 1. The summed E-state index contributed by atoms with van der Waals surface area (Å²) in [6.45, 7) is 3.41. The molecule has 0 radical (unpaired) electrons. The molecule has 1 amide bonds. The summed E-state index contributed by atoms with van der Waals surface area (Å²) in [5.74, 6) is 0.380. The maximum atomic E-state index is 11.4. The van der Waals surface area contributed by atoms with E-state index in [4.69, 9.17) is 10.2 Å². The van der Waals surface area contributed by atoms with Crippen LogP contribution < -0.4 is 11.1 Å². The first-order valence-electron chi connectivity index (χ1n) is 5.00. The number of oxazole rings is 1. The van der Waals surface area contributed by atoms with Gasteiger partial charge in [-0.25, -0.2) is 4.98 Å². The van der Waals surface area contributed by atoms with Crippen molar-refractivity contribution in [2.24, 2.45) is 5.73 Å². The fraction of sp³-hybridized carbons (Fsp3) is 0.273. The van der Waals surface area contributed by atoms with Crippen LogP contribution in [0.2, 0.25) is 0 Å². The molecule has 1 atom stereocenters. The number of aryl methyl sites for hydroxylation is 1. The third kappa shape index (κ3) is 2.95. The second-order valence-corrected chi connectivity index (χ2v) is 3.69. The van der Waals surface area contributed by atoms with Gasteiger partial charge in [0.25, 0.3) is 0 Å². The Morgan fingerprint density at radius 1 is 1.53 bits per heavy atom. The van der Waals surface area contributed by atoms with Crippen molar-refractivity contribution in [1.29, 1.82) is 0 Å². The van der Waals surface area contributed by atoms with E-state index in [0.717, 1.165) is 5.52 Å². The van der Waals surface area contributed by atoms with Gasteiger partial charge in [-0.2, -0.15) is 0 Å². The molecular weight excluding hydrogens is 242 g/mol. The first kappa shape index (κ1) is 13.5. The molecule has 6 heteroatoms. The van der Waals surface area contributed by atoms with E-state index in [0.29, 0.717) is 17.2 Å². The summed E-state index contributed by atoms with van der Waals surface area (Å²) in [4.78, 5) is 15.6. The summed E-state index contributed by atoms with van der Waals surface area (Å²) in [5.41, 5.74) is 7.55. The maximum Gasteiger partial charge on any atom is 0.240 e. The number of anilines is 1. The Labute approximate surface area is 105 Å². The van der Waals surface area contributed by atoms with Gasteiger partial charge in [-0.05, 0) is 25.1 Å². The maximum absolute atomic E-state index is 11.4. The van der Waals surface area contributed by atoms with Crippen LogP contribution >= 0.6 is 12.4 Å². The number of aromatic nitrogens is 1.